The summed E-state index contributed by atoms with van der Waals surface area (Å²) < 4.78 is 38.9. The van der Waals surface area contributed by atoms with Crippen LogP contribution in [0.3, 0.4) is 0 Å². The zero-order valence-corrected chi connectivity index (χ0v) is 20.7. The van der Waals surface area contributed by atoms with E-state index >= 15 is 8.78 Å². The third-order valence-corrected chi connectivity index (χ3v) is 5.83. The van der Waals surface area contributed by atoms with Crippen LogP contribution in [0.2, 0.25) is 0 Å². The van der Waals surface area contributed by atoms with Gasteiger partial charge in [-0.2, -0.15) is 9.37 Å². The predicted octanol–water partition coefficient (Wildman–Crippen LogP) is 6.20. The first kappa shape index (κ1) is 24.2. The summed E-state index contributed by atoms with van der Waals surface area (Å²) in [6.45, 7) is 12.1. The molecule has 5 nitrogen and oxygen atoms in total. The van der Waals surface area contributed by atoms with Gasteiger partial charge >= 0.3 is 0 Å². The van der Waals surface area contributed by atoms with Gasteiger partial charge < -0.3 is 14.2 Å². The van der Waals surface area contributed by atoms with E-state index in [-0.39, 0.29) is 23.7 Å². The van der Waals surface area contributed by atoms with Gasteiger partial charge in [0.05, 0.1) is 11.2 Å². The first-order chi connectivity index (χ1) is 15.4. The molecule has 0 aliphatic rings. The van der Waals surface area contributed by atoms with Crippen LogP contribution in [-0.2, 0) is 13.0 Å². The van der Waals surface area contributed by atoms with E-state index in [1.54, 1.807) is 18.2 Å². The van der Waals surface area contributed by atoms with E-state index in [0.29, 0.717) is 5.39 Å². The molecule has 8 heteroatoms. The van der Waals surface area contributed by atoms with Crippen molar-refractivity contribution in [2.45, 2.75) is 33.7 Å². The standard InChI is InChI=1S/C24H27F2IN4O/c1-5-8-17(30(6-2)12-11-27)14-19-23(26)24(29-15-28-19)32-21-10-9-20-18(22(21)25)13-16(4)31(20)7-3/h5,8-10,13,15H,1,6-7,11-12,14H2,2-4H3/b17-8+. The average molecular weight is 552 g/mol. The Labute approximate surface area is 200 Å². The van der Waals surface area contributed by atoms with Crippen LogP contribution >= 0.6 is 22.6 Å². The zero-order chi connectivity index (χ0) is 23.3. The molecule has 3 rings (SSSR count). The van der Waals surface area contributed by atoms with E-state index in [0.717, 1.165) is 41.0 Å². The Hall–Kier alpha value is -2.49. The van der Waals surface area contributed by atoms with Gasteiger partial charge in [0.2, 0.25) is 5.82 Å². The van der Waals surface area contributed by atoms with E-state index in [4.69, 9.17) is 4.74 Å². The minimum Gasteiger partial charge on any atom is -0.433 e. The SMILES string of the molecule is C=C/C=C(\Cc1ncnc(Oc2ccc3c(cc(C)n3CC)c2F)c1F)N(CC)CCI. The maximum absolute atomic E-state index is 15.2. The fraction of sp³-hybridized carbons (Fsp3) is 0.333. The second-order valence-corrected chi connectivity index (χ2v) is 8.30. The molecule has 0 unspecified atom stereocenters. The number of hydrogen-bond acceptors (Lipinski definition) is 4. The van der Waals surface area contributed by atoms with Crippen molar-refractivity contribution in [2.75, 3.05) is 17.5 Å². The highest BCUT2D eigenvalue weighted by Crippen LogP contribution is 2.32. The largest absolute Gasteiger partial charge is 0.433 e. The average Bonchev–Trinajstić information content (AvgIpc) is 3.12. The summed E-state index contributed by atoms with van der Waals surface area (Å²) in [5, 5.41) is 0.435. The fourth-order valence-electron chi connectivity index (χ4n) is 3.79. The molecule has 0 spiro atoms. The molecule has 3 aromatic rings. The number of aryl methyl sites for hydroxylation is 2. The first-order valence-corrected chi connectivity index (χ1v) is 12.1. The molecule has 0 bridgehead atoms. The van der Waals surface area contributed by atoms with Crippen LogP contribution in [0.15, 0.2) is 49.0 Å². The van der Waals surface area contributed by atoms with Crippen molar-refractivity contribution in [2.24, 2.45) is 0 Å². The minimum atomic E-state index is -0.699. The summed E-state index contributed by atoms with van der Waals surface area (Å²) in [5.74, 6) is -1.61. The van der Waals surface area contributed by atoms with Crippen molar-refractivity contribution in [3.05, 3.63) is 72.0 Å². The van der Waals surface area contributed by atoms with E-state index < -0.39 is 11.6 Å². The summed E-state index contributed by atoms with van der Waals surface area (Å²) in [4.78, 5) is 10.2. The number of halogens is 3. The first-order valence-electron chi connectivity index (χ1n) is 10.5. The molecule has 0 saturated carbocycles. The van der Waals surface area contributed by atoms with Gasteiger partial charge in [0.1, 0.15) is 6.33 Å². The number of allylic oxidation sites excluding steroid dienone is 3. The van der Waals surface area contributed by atoms with Crippen LogP contribution in [0.1, 0.15) is 25.2 Å². The highest BCUT2D eigenvalue weighted by atomic mass is 127. The van der Waals surface area contributed by atoms with Crippen LogP contribution in [0.5, 0.6) is 11.6 Å². The Balaban J connectivity index is 1.93. The number of likely N-dealkylation sites (N-methyl/N-ethyl adjacent to an activating group) is 1. The van der Waals surface area contributed by atoms with Gasteiger partial charge in [-0.05, 0) is 45.0 Å². The molecule has 2 aromatic heterocycles. The number of hydrogen-bond donors (Lipinski definition) is 0. The molecule has 170 valence electrons. The topological polar surface area (TPSA) is 43.2 Å². The van der Waals surface area contributed by atoms with Crippen molar-refractivity contribution in [1.82, 2.24) is 19.4 Å². The van der Waals surface area contributed by atoms with Gasteiger partial charge in [-0.3, -0.25) is 0 Å². The Kier molecular flexibility index (Phi) is 8.22. The van der Waals surface area contributed by atoms with Crippen molar-refractivity contribution in [1.29, 1.82) is 0 Å². The highest BCUT2D eigenvalue weighted by Gasteiger charge is 2.20. The molecule has 0 fully saturated rings. The molecule has 0 N–H and O–H groups in total. The van der Waals surface area contributed by atoms with E-state index in [2.05, 4.69) is 44.0 Å². The third-order valence-electron chi connectivity index (χ3n) is 5.34. The molecule has 0 aliphatic heterocycles. The molecule has 0 radical (unpaired) electrons. The summed E-state index contributed by atoms with van der Waals surface area (Å²) in [5.41, 5.74) is 2.80. The number of aromatic nitrogens is 3. The number of rotatable bonds is 10. The number of ether oxygens (including phenoxy) is 1. The third kappa shape index (κ3) is 4.95. The zero-order valence-electron chi connectivity index (χ0n) is 18.5. The minimum absolute atomic E-state index is 0.0729. The lowest BCUT2D eigenvalue weighted by molar-refractivity contribution is 0.371. The van der Waals surface area contributed by atoms with Gasteiger partial charge in [-0.15, -0.1) is 0 Å². The normalized spacial score (nSPS) is 11.8. The van der Waals surface area contributed by atoms with Crippen LogP contribution in [0.4, 0.5) is 8.78 Å². The van der Waals surface area contributed by atoms with Crippen molar-refractivity contribution in [3.63, 3.8) is 0 Å². The fourth-order valence-corrected chi connectivity index (χ4v) is 4.37. The summed E-state index contributed by atoms with van der Waals surface area (Å²) in [7, 11) is 0. The molecule has 0 atom stereocenters. The van der Waals surface area contributed by atoms with E-state index in [9.17, 15) is 0 Å². The number of alkyl halides is 1. The number of fused-ring (bicyclic) bond motifs is 1. The molecule has 1 aromatic carbocycles. The summed E-state index contributed by atoms with van der Waals surface area (Å²) in [6.07, 6.45) is 5.02. The van der Waals surface area contributed by atoms with Crippen molar-refractivity contribution >= 4 is 33.5 Å². The Morgan fingerprint density at radius 3 is 2.69 bits per heavy atom. The lowest BCUT2D eigenvalue weighted by atomic mass is 10.2. The van der Waals surface area contributed by atoms with Crippen molar-refractivity contribution in [3.8, 4) is 11.6 Å². The van der Waals surface area contributed by atoms with Crippen LogP contribution in [0.25, 0.3) is 10.9 Å². The maximum Gasteiger partial charge on any atom is 0.259 e. The lowest BCUT2D eigenvalue weighted by Gasteiger charge is -2.25. The van der Waals surface area contributed by atoms with Gasteiger partial charge in [-0.25, -0.2) is 9.37 Å². The second kappa shape index (κ2) is 10.9. The van der Waals surface area contributed by atoms with E-state index in [1.807, 2.05) is 31.4 Å². The second-order valence-electron chi connectivity index (χ2n) is 7.22. The maximum atomic E-state index is 15.2. The molecule has 2 heterocycles. The van der Waals surface area contributed by atoms with Crippen LogP contribution in [-0.4, -0.2) is 37.0 Å². The lowest BCUT2D eigenvalue weighted by Crippen LogP contribution is -2.26. The van der Waals surface area contributed by atoms with Crippen LogP contribution < -0.4 is 4.74 Å². The monoisotopic (exact) mass is 552 g/mol. The Morgan fingerprint density at radius 1 is 1.25 bits per heavy atom. The smallest absolute Gasteiger partial charge is 0.259 e. The molecule has 0 saturated heterocycles. The number of benzene rings is 1. The number of nitrogens with zero attached hydrogens (tertiary/aromatic N) is 4. The Morgan fingerprint density at radius 2 is 2.03 bits per heavy atom. The summed E-state index contributed by atoms with van der Waals surface area (Å²) in [6, 6.07) is 5.05. The summed E-state index contributed by atoms with van der Waals surface area (Å²) >= 11 is 2.31. The molecule has 32 heavy (non-hydrogen) atoms. The highest BCUT2D eigenvalue weighted by molar-refractivity contribution is 14.1. The van der Waals surface area contributed by atoms with Gasteiger partial charge in [0.25, 0.3) is 5.88 Å². The van der Waals surface area contributed by atoms with Gasteiger partial charge in [0.15, 0.2) is 11.6 Å². The van der Waals surface area contributed by atoms with Gasteiger partial charge in [-0.1, -0.05) is 35.2 Å². The molecular weight excluding hydrogens is 525 g/mol. The van der Waals surface area contributed by atoms with Crippen LogP contribution in [0, 0.1) is 18.6 Å². The van der Waals surface area contributed by atoms with E-state index in [1.165, 1.54) is 12.4 Å². The molecular formula is C24H27F2IN4O. The molecule has 0 aliphatic carbocycles. The quantitative estimate of drug-likeness (QED) is 0.171. The molecule has 0 amide bonds. The Bertz CT molecular complexity index is 1140. The van der Waals surface area contributed by atoms with Crippen molar-refractivity contribution < 1.29 is 13.5 Å². The predicted molar refractivity (Wildman–Crippen MR) is 132 cm³/mol. The van der Waals surface area contributed by atoms with Gasteiger partial charge in [0, 0.05) is 47.3 Å².